The molecule has 0 radical (unpaired) electrons. The molecular weight excluding hydrogens is 327 g/mol. The van der Waals surface area contributed by atoms with E-state index in [2.05, 4.69) is 4.98 Å². The first kappa shape index (κ1) is 16.5. The number of carbonyl (C=O) groups is 1. The summed E-state index contributed by atoms with van der Waals surface area (Å²) in [6, 6.07) is 14.0. The highest BCUT2D eigenvalue weighted by atomic mass is 32.2. The van der Waals surface area contributed by atoms with Gasteiger partial charge in [-0.1, -0.05) is 36.0 Å². The molecule has 1 heterocycles. The molecule has 0 N–H and O–H groups in total. The van der Waals surface area contributed by atoms with Gasteiger partial charge in [0.1, 0.15) is 10.6 Å². The van der Waals surface area contributed by atoms with E-state index in [1.807, 2.05) is 24.3 Å². The van der Waals surface area contributed by atoms with Gasteiger partial charge in [-0.25, -0.2) is 9.37 Å². The molecule has 0 amide bonds. The summed E-state index contributed by atoms with van der Waals surface area (Å²) in [6.07, 6.45) is 0. The number of benzene rings is 2. The Morgan fingerprint density at radius 3 is 2.54 bits per heavy atom. The zero-order valence-corrected chi connectivity index (χ0v) is 14.4. The Balaban J connectivity index is 2.20. The molecule has 0 saturated heterocycles. The van der Waals surface area contributed by atoms with Crippen molar-refractivity contribution in [1.82, 2.24) is 9.55 Å². The predicted molar refractivity (Wildman–Crippen MR) is 93.0 cm³/mol. The maximum Gasteiger partial charge on any atom is 0.321 e. The Bertz CT molecular complexity index is 905. The summed E-state index contributed by atoms with van der Waals surface area (Å²) in [5, 5.41) is 0.539. The number of methoxy groups -OCH3 is 1. The zero-order chi connectivity index (χ0) is 17.3. The van der Waals surface area contributed by atoms with Gasteiger partial charge in [-0.3, -0.25) is 9.36 Å². The first-order valence-electron chi connectivity index (χ1n) is 7.44. The molecule has 24 heavy (non-hydrogen) atoms. The molecular formula is C18H17FN2O2S. The van der Waals surface area contributed by atoms with E-state index in [-0.39, 0.29) is 11.8 Å². The average Bonchev–Trinajstić information content (AvgIpc) is 2.91. The molecule has 3 aromatic rings. The molecule has 0 bridgehead atoms. The molecule has 6 heteroatoms. The van der Waals surface area contributed by atoms with Gasteiger partial charge in [0, 0.05) is 0 Å². The molecule has 2 aromatic carbocycles. The SMILES string of the molecule is COC(=O)C(C)(C)Sc1nc2ccccc2n1-c1ccccc1F. The highest BCUT2D eigenvalue weighted by molar-refractivity contribution is 8.01. The Morgan fingerprint density at radius 2 is 1.83 bits per heavy atom. The summed E-state index contributed by atoms with van der Waals surface area (Å²) in [5.74, 6) is -0.710. The number of nitrogens with zero attached hydrogens (tertiary/aromatic N) is 2. The third-order valence-corrected chi connectivity index (χ3v) is 4.78. The quantitative estimate of drug-likeness (QED) is 0.525. The van der Waals surface area contributed by atoms with Gasteiger partial charge in [0.05, 0.1) is 23.8 Å². The average molecular weight is 344 g/mol. The molecule has 0 spiro atoms. The Labute approximate surface area is 143 Å². The normalized spacial score (nSPS) is 11.7. The highest BCUT2D eigenvalue weighted by Gasteiger charge is 2.33. The lowest BCUT2D eigenvalue weighted by Crippen LogP contribution is -2.29. The molecule has 0 saturated carbocycles. The van der Waals surface area contributed by atoms with Crippen molar-refractivity contribution in [1.29, 1.82) is 0 Å². The van der Waals surface area contributed by atoms with E-state index in [1.165, 1.54) is 24.9 Å². The van der Waals surface area contributed by atoms with Crippen LogP contribution in [0.4, 0.5) is 4.39 Å². The first-order chi connectivity index (χ1) is 11.4. The minimum absolute atomic E-state index is 0.349. The zero-order valence-electron chi connectivity index (χ0n) is 13.6. The molecule has 0 atom stereocenters. The van der Waals surface area contributed by atoms with Gasteiger partial charge in [0.2, 0.25) is 0 Å². The molecule has 1 aromatic heterocycles. The van der Waals surface area contributed by atoms with E-state index >= 15 is 0 Å². The standard InChI is InChI=1S/C18H17FN2O2S/c1-18(2,16(22)23-3)24-17-20-13-9-5-7-11-15(13)21(17)14-10-6-4-8-12(14)19/h4-11H,1-3H3. The van der Waals surface area contributed by atoms with Crippen LogP contribution in [0.5, 0.6) is 0 Å². The predicted octanol–water partition coefficient (Wildman–Crippen LogP) is 4.21. The van der Waals surface area contributed by atoms with E-state index in [4.69, 9.17) is 4.74 Å². The Hall–Kier alpha value is -2.34. The summed E-state index contributed by atoms with van der Waals surface area (Å²) >= 11 is 1.25. The summed E-state index contributed by atoms with van der Waals surface area (Å²) in [4.78, 5) is 16.6. The fourth-order valence-electron chi connectivity index (χ4n) is 2.45. The number of hydrogen-bond donors (Lipinski definition) is 0. The summed E-state index contributed by atoms with van der Waals surface area (Å²) in [5.41, 5.74) is 1.92. The van der Waals surface area contributed by atoms with Crippen LogP contribution in [0.1, 0.15) is 13.8 Å². The van der Waals surface area contributed by atoms with Crippen LogP contribution in [0.15, 0.2) is 53.7 Å². The molecule has 0 aliphatic heterocycles. The van der Waals surface area contributed by atoms with Crippen molar-refractivity contribution in [3.05, 3.63) is 54.3 Å². The van der Waals surface area contributed by atoms with Gasteiger partial charge in [-0.15, -0.1) is 0 Å². The van der Waals surface area contributed by atoms with Gasteiger partial charge in [0.25, 0.3) is 0 Å². The van der Waals surface area contributed by atoms with Gasteiger partial charge < -0.3 is 4.74 Å². The minimum Gasteiger partial charge on any atom is -0.468 e. The number of thioether (sulfide) groups is 1. The van der Waals surface area contributed by atoms with Crippen LogP contribution in [0.3, 0.4) is 0 Å². The van der Waals surface area contributed by atoms with E-state index in [9.17, 15) is 9.18 Å². The number of carbonyl (C=O) groups excluding carboxylic acids is 1. The van der Waals surface area contributed by atoms with Crippen LogP contribution in [0, 0.1) is 5.82 Å². The number of para-hydroxylation sites is 3. The molecule has 4 nitrogen and oxygen atoms in total. The molecule has 0 fully saturated rings. The van der Waals surface area contributed by atoms with Gasteiger partial charge >= 0.3 is 5.97 Å². The third kappa shape index (κ3) is 2.89. The number of imidazole rings is 1. The van der Waals surface area contributed by atoms with Crippen molar-refractivity contribution >= 4 is 28.8 Å². The maximum absolute atomic E-state index is 14.4. The molecule has 0 unspecified atom stereocenters. The summed E-state index contributed by atoms with van der Waals surface area (Å²) in [6.45, 7) is 3.52. The second-order valence-electron chi connectivity index (χ2n) is 5.77. The minimum atomic E-state index is -0.848. The van der Waals surface area contributed by atoms with Gasteiger partial charge in [-0.05, 0) is 38.1 Å². The van der Waals surface area contributed by atoms with Crippen LogP contribution < -0.4 is 0 Å². The largest absolute Gasteiger partial charge is 0.468 e. The fraction of sp³-hybridized carbons (Fsp3) is 0.222. The molecule has 0 aliphatic carbocycles. The lowest BCUT2D eigenvalue weighted by molar-refractivity contribution is -0.142. The number of hydrogen-bond acceptors (Lipinski definition) is 4. The van der Waals surface area contributed by atoms with Crippen LogP contribution >= 0.6 is 11.8 Å². The first-order valence-corrected chi connectivity index (χ1v) is 8.25. The maximum atomic E-state index is 14.4. The van der Waals surface area contributed by atoms with Crippen LogP contribution in [-0.4, -0.2) is 27.4 Å². The number of esters is 1. The van der Waals surface area contributed by atoms with E-state index in [0.717, 1.165) is 11.0 Å². The summed E-state index contributed by atoms with van der Waals surface area (Å²) in [7, 11) is 1.35. The van der Waals surface area contributed by atoms with E-state index in [0.29, 0.717) is 10.8 Å². The second kappa shape index (κ2) is 6.28. The van der Waals surface area contributed by atoms with Crippen molar-refractivity contribution in [2.45, 2.75) is 23.8 Å². The number of aromatic nitrogens is 2. The monoisotopic (exact) mass is 344 g/mol. The van der Waals surface area contributed by atoms with Crippen molar-refractivity contribution in [2.24, 2.45) is 0 Å². The lowest BCUT2D eigenvalue weighted by Gasteiger charge is -2.21. The van der Waals surface area contributed by atoms with Gasteiger partial charge in [0.15, 0.2) is 5.16 Å². The van der Waals surface area contributed by atoms with Crippen LogP contribution in [0.2, 0.25) is 0 Å². The lowest BCUT2D eigenvalue weighted by atomic mass is 10.2. The van der Waals surface area contributed by atoms with Crippen LogP contribution in [-0.2, 0) is 9.53 Å². The number of fused-ring (bicyclic) bond motifs is 1. The van der Waals surface area contributed by atoms with E-state index in [1.54, 1.807) is 36.6 Å². The number of halogens is 1. The van der Waals surface area contributed by atoms with Crippen molar-refractivity contribution in [2.75, 3.05) is 7.11 Å². The van der Waals surface area contributed by atoms with Crippen molar-refractivity contribution < 1.29 is 13.9 Å². The van der Waals surface area contributed by atoms with Crippen molar-refractivity contribution in [3.8, 4) is 5.69 Å². The molecule has 0 aliphatic rings. The number of ether oxygens (including phenoxy) is 1. The fourth-order valence-corrected chi connectivity index (χ4v) is 3.51. The highest BCUT2D eigenvalue weighted by Crippen LogP contribution is 2.36. The Kier molecular flexibility index (Phi) is 4.32. The van der Waals surface area contributed by atoms with Crippen LogP contribution in [0.25, 0.3) is 16.7 Å². The smallest absolute Gasteiger partial charge is 0.321 e. The Morgan fingerprint density at radius 1 is 1.17 bits per heavy atom. The summed E-state index contributed by atoms with van der Waals surface area (Å²) < 4.78 is 20.1. The van der Waals surface area contributed by atoms with Gasteiger partial charge in [-0.2, -0.15) is 0 Å². The molecule has 3 rings (SSSR count). The van der Waals surface area contributed by atoms with Crippen molar-refractivity contribution in [3.63, 3.8) is 0 Å². The number of rotatable bonds is 4. The second-order valence-corrected chi connectivity index (χ2v) is 7.36. The van der Waals surface area contributed by atoms with E-state index < -0.39 is 4.75 Å². The topological polar surface area (TPSA) is 44.1 Å². The molecule has 124 valence electrons. The third-order valence-electron chi connectivity index (χ3n) is 3.65.